The Morgan fingerprint density at radius 2 is 1.84 bits per heavy atom. The molecule has 32 heavy (non-hydrogen) atoms. The average molecular weight is 461 g/mol. The maximum Gasteiger partial charge on any atom is 0.319 e. The number of ketones is 1. The third kappa shape index (κ3) is 6.11. The smallest absolute Gasteiger partial charge is 0.319 e. The number of benzene rings is 1. The first kappa shape index (κ1) is 24.9. The van der Waals surface area contributed by atoms with Crippen LogP contribution in [0.25, 0.3) is 0 Å². The number of methoxy groups -OCH3 is 1. The van der Waals surface area contributed by atoms with Crippen LogP contribution in [0.4, 0.5) is 0 Å². The molecule has 2 atom stereocenters. The second-order valence-electron chi connectivity index (χ2n) is 6.63. The number of carbonyl (C=O) groups is 4. The highest BCUT2D eigenvalue weighted by Crippen LogP contribution is 2.40. The molecule has 1 aliphatic heterocycles. The number of hydrogen-bond acceptors (Lipinski definition) is 9. The first-order valence-corrected chi connectivity index (χ1v) is 10.9. The Balaban J connectivity index is 2.37. The Labute approximate surface area is 190 Å². The first-order valence-electron chi connectivity index (χ1n) is 9.92. The SMILES string of the molecule is CCOC(=O)CC(=O)CSC1=C(C#N)[C@H](c2ccc(OCC)cc2)[C@@H](C(=O)OC)C(=O)N1. The Morgan fingerprint density at radius 3 is 2.41 bits per heavy atom. The summed E-state index contributed by atoms with van der Waals surface area (Å²) in [6, 6.07) is 8.78. The van der Waals surface area contributed by atoms with Crippen LogP contribution in [0.5, 0.6) is 5.75 Å². The molecule has 0 aromatic heterocycles. The highest BCUT2D eigenvalue weighted by atomic mass is 32.2. The van der Waals surface area contributed by atoms with Gasteiger partial charge in [0.25, 0.3) is 0 Å². The van der Waals surface area contributed by atoms with E-state index >= 15 is 0 Å². The average Bonchev–Trinajstić information content (AvgIpc) is 2.77. The van der Waals surface area contributed by atoms with Gasteiger partial charge in [-0.2, -0.15) is 5.26 Å². The summed E-state index contributed by atoms with van der Waals surface area (Å²) in [7, 11) is 1.17. The fourth-order valence-electron chi connectivity index (χ4n) is 3.19. The largest absolute Gasteiger partial charge is 0.494 e. The van der Waals surface area contributed by atoms with E-state index in [1.54, 1.807) is 31.2 Å². The molecule has 0 spiro atoms. The number of thioether (sulfide) groups is 1. The van der Waals surface area contributed by atoms with Gasteiger partial charge >= 0.3 is 11.9 Å². The molecule has 170 valence electrons. The van der Waals surface area contributed by atoms with Crippen LogP contribution in [-0.2, 0) is 28.7 Å². The molecule has 1 amide bonds. The second-order valence-corrected chi connectivity index (χ2v) is 7.62. The van der Waals surface area contributed by atoms with Crippen LogP contribution < -0.4 is 10.1 Å². The zero-order chi connectivity index (χ0) is 23.7. The van der Waals surface area contributed by atoms with Gasteiger partial charge < -0.3 is 19.5 Å². The summed E-state index contributed by atoms with van der Waals surface area (Å²) >= 11 is 0.924. The van der Waals surface area contributed by atoms with E-state index in [-0.39, 0.29) is 23.0 Å². The number of esters is 2. The van der Waals surface area contributed by atoms with Gasteiger partial charge in [-0.15, -0.1) is 0 Å². The summed E-state index contributed by atoms with van der Waals surface area (Å²) in [6.45, 7) is 4.12. The van der Waals surface area contributed by atoms with Gasteiger partial charge in [0.2, 0.25) is 5.91 Å². The second kappa shape index (κ2) is 11.9. The quantitative estimate of drug-likeness (QED) is 0.412. The molecule has 0 fully saturated rings. The van der Waals surface area contributed by atoms with Crippen LogP contribution in [0.3, 0.4) is 0 Å². The van der Waals surface area contributed by atoms with Crippen molar-refractivity contribution in [1.29, 1.82) is 5.26 Å². The Kier molecular flexibility index (Phi) is 9.28. The molecule has 1 aromatic carbocycles. The molecule has 9 nitrogen and oxygen atoms in total. The molecule has 1 aliphatic rings. The van der Waals surface area contributed by atoms with Crippen molar-refractivity contribution in [2.75, 3.05) is 26.1 Å². The van der Waals surface area contributed by atoms with E-state index in [0.717, 1.165) is 11.8 Å². The molecule has 0 radical (unpaired) electrons. The molecule has 0 saturated carbocycles. The maximum absolute atomic E-state index is 12.8. The minimum Gasteiger partial charge on any atom is -0.494 e. The normalized spacial score (nSPS) is 17.8. The van der Waals surface area contributed by atoms with E-state index in [0.29, 0.717) is 17.9 Å². The van der Waals surface area contributed by atoms with Gasteiger partial charge in [0.1, 0.15) is 18.1 Å². The predicted molar refractivity (Wildman–Crippen MR) is 115 cm³/mol. The molecule has 0 bridgehead atoms. The lowest BCUT2D eigenvalue weighted by Crippen LogP contribution is -2.44. The summed E-state index contributed by atoms with van der Waals surface area (Å²) in [5, 5.41) is 12.6. The van der Waals surface area contributed by atoms with Crippen LogP contribution >= 0.6 is 11.8 Å². The van der Waals surface area contributed by atoms with Crippen molar-refractivity contribution in [3.63, 3.8) is 0 Å². The summed E-state index contributed by atoms with van der Waals surface area (Å²) < 4.78 is 15.0. The minimum atomic E-state index is -1.27. The van der Waals surface area contributed by atoms with Crippen molar-refractivity contribution in [1.82, 2.24) is 5.32 Å². The molecule has 0 unspecified atom stereocenters. The van der Waals surface area contributed by atoms with Crippen LogP contribution in [-0.4, -0.2) is 49.7 Å². The number of allylic oxidation sites excluding steroid dienone is 1. The number of nitrogens with zero attached hydrogens (tertiary/aromatic N) is 1. The number of carbonyl (C=O) groups excluding carboxylic acids is 4. The summed E-state index contributed by atoms with van der Waals surface area (Å²) in [4.78, 5) is 48.8. The predicted octanol–water partition coefficient (Wildman–Crippen LogP) is 2.08. The standard InChI is InChI=1S/C22H24N2O7S/c1-4-30-15-8-6-13(7-9-15)18-16(11-23)21(24-20(27)19(18)22(28)29-3)32-12-14(25)10-17(26)31-5-2/h6-9,18-19H,4-5,10,12H2,1-3H3,(H,24,27)/t18-,19+/m0/s1. The molecular formula is C22H24N2O7S. The Hall–Kier alpha value is -3.32. The third-order valence-electron chi connectivity index (χ3n) is 4.56. The number of rotatable bonds is 10. The highest BCUT2D eigenvalue weighted by Gasteiger charge is 2.44. The lowest BCUT2D eigenvalue weighted by molar-refractivity contribution is -0.151. The summed E-state index contributed by atoms with van der Waals surface area (Å²) in [6.07, 6.45) is -0.406. The van der Waals surface area contributed by atoms with Crippen LogP contribution in [0.15, 0.2) is 34.9 Å². The number of Topliss-reactive ketones (excluding diaryl/α,β-unsaturated/α-hetero) is 1. The molecule has 1 heterocycles. The molecule has 0 aliphatic carbocycles. The van der Waals surface area contributed by atoms with Crippen molar-refractivity contribution in [2.45, 2.75) is 26.2 Å². The van der Waals surface area contributed by atoms with E-state index in [2.05, 4.69) is 11.4 Å². The van der Waals surface area contributed by atoms with E-state index in [1.807, 2.05) is 6.92 Å². The fraction of sp³-hybridized carbons (Fsp3) is 0.409. The lowest BCUT2D eigenvalue weighted by atomic mass is 9.78. The fourth-order valence-corrected chi connectivity index (χ4v) is 4.10. The number of nitrogens with one attached hydrogen (secondary N) is 1. The molecule has 0 saturated heterocycles. The summed E-state index contributed by atoms with van der Waals surface area (Å²) in [5.74, 6) is -4.21. The van der Waals surface area contributed by atoms with Crippen molar-refractivity contribution >= 4 is 35.4 Å². The zero-order valence-corrected chi connectivity index (χ0v) is 18.8. The topological polar surface area (TPSA) is 132 Å². The van der Waals surface area contributed by atoms with E-state index in [9.17, 15) is 24.4 Å². The van der Waals surface area contributed by atoms with Crippen LogP contribution in [0.1, 0.15) is 31.7 Å². The monoisotopic (exact) mass is 460 g/mol. The minimum absolute atomic E-state index is 0.123. The van der Waals surface area contributed by atoms with Crippen molar-refractivity contribution < 1.29 is 33.4 Å². The Morgan fingerprint density at radius 1 is 1.16 bits per heavy atom. The van der Waals surface area contributed by atoms with Crippen molar-refractivity contribution in [3.8, 4) is 11.8 Å². The van der Waals surface area contributed by atoms with Crippen LogP contribution in [0, 0.1) is 17.2 Å². The zero-order valence-electron chi connectivity index (χ0n) is 18.0. The van der Waals surface area contributed by atoms with Gasteiger partial charge in [-0.05, 0) is 31.5 Å². The van der Waals surface area contributed by atoms with Gasteiger partial charge in [0.15, 0.2) is 5.78 Å². The lowest BCUT2D eigenvalue weighted by Gasteiger charge is -2.31. The van der Waals surface area contributed by atoms with Crippen molar-refractivity contribution in [3.05, 3.63) is 40.4 Å². The molecule has 10 heteroatoms. The number of ether oxygens (including phenoxy) is 3. The number of amides is 1. The number of hydrogen-bond donors (Lipinski definition) is 1. The van der Waals surface area contributed by atoms with E-state index < -0.39 is 41.9 Å². The van der Waals surface area contributed by atoms with E-state index in [1.165, 1.54) is 7.11 Å². The van der Waals surface area contributed by atoms with Gasteiger partial charge in [-0.25, -0.2) is 0 Å². The Bertz CT molecular complexity index is 950. The number of nitriles is 1. The van der Waals surface area contributed by atoms with Gasteiger partial charge in [0.05, 0.1) is 42.7 Å². The molecule has 1 aromatic rings. The first-order chi connectivity index (χ1) is 15.4. The molecular weight excluding hydrogens is 436 g/mol. The van der Waals surface area contributed by atoms with Crippen molar-refractivity contribution in [2.24, 2.45) is 5.92 Å². The maximum atomic E-state index is 12.8. The molecule has 1 N–H and O–H groups in total. The van der Waals surface area contributed by atoms with Crippen LogP contribution in [0.2, 0.25) is 0 Å². The van der Waals surface area contributed by atoms with Gasteiger partial charge in [-0.1, -0.05) is 23.9 Å². The highest BCUT2D eigenvalue weighted by molar-refractivity contribution is 8.03. The summed E-state index contributed by atoms with van der Waals surface area (Å²) in [5.41, 5.74) is 0.671. The van der Waals surface area contributed by atoms with Gasteiger partial charge in [0, 0.05) is 5.92 Å². The molecule has 2 rings (SSSR count). The third-order valence-corrected chi connectivity index (χ3v) is 5.64. The van der Waals surface area contributed by atoms with Gasteiger partial charge in [-0.3, -0.25) is 19.2 Å². The van der Waals surface area contributed by atoms with E-state index in [4.69, 9.17) is 14.2 Å².